The van der Waals surface area contributed by atoms with E-state index in [-0.39, 0.29) is 5.91 Å². The Morgan fingerprint density at radius 1 is 0.933 bits per heavy atom. The summed E-state index contributed by atoms with van der Waals surface area (Å²) in [6, 6.07) is 15.3. The summed E-state index contributed by atoms with van der Waals surface area (Å²) in [5.74, 6) is 2.34. The quantitative estimate of drug-likeness (QED) is 0.702. The van der Waals surface area contributed by atoms with Crippen LogP contribution in [0, 0.1) is 0 Å². The standard InChI is InChI=1S/C22H25N7O/c1-27(2)18-8-6-17(7-9-18)22(30)29-13-11-28(12-14-29)21-15-20(24-16-25-21)26-19-5-3-4-10-23-19/h3-10,15-16H,11-14H2,1-2H3,(H,23,24,25,26). The number of pyridine rings is 1. The smallest absolute Gasteiger partial charge is 0.253 e. The van der Waals surface area contributed by atoms with E-state index in [0.717, 1.165) is 36.0 Å². The number of amides is 1. The predicted molar refractivity (Wildman–Crippen MR) is 118 cm³/mol. The topological polar surface area (TPSA) is 77.5 Å². The number of nitrogens with zero attached hydrogens (tertiary/aromatic N) is 6. The number of carbonyl (C=O) groups excluding carboxylic acids is 1. The first-order chi connectivity index (χ1) is 14.6. The van der Waals surface area contributed by atoms with Gasteiger partial charge in [-0.05, 0) is 36.4 Å². The highest BCUT2D eigenvalue weighted by molar-refractivity contribution is 5.94. The van der Waals surface area contributed by atoms with E-state index in [2.05, 4.69) is 25.2 Å². The molecule has 1 aromatic carbocycles. The van der Waals surface area contributed by atoms with E-state index in [1.54, 1.807) is 12.5 Å². The Kier molecular flexibility index (Phi) is 5.74. The second-order valence-corrected chi connectivity index (χ2v) is 7.32. The highest BCUT2D eigenvalue weighted by atomic mass is 16.2. The minimum absolute atomic E-state index is 0.0696. The van der Waals surface area contributed by atoms with Crippen molar-refractivity contribution in [1.29, 1.82) is 0 Å². The molecule has 30 heavy (non-hydrogen) atoms. The molecule has 8 nitrogen and oxygen atoms in total. The van der Waals surface area contributed by atoms with Gasteiger partial charge in [0.15, 0.2) is 0 Å². The van der Waals surface area contributed by atoms with E-state index in [0.29, 0.717) is 18.9 Å². The Bertz CT molecular complexity index is 984. The van der Waals surface area contributed by atoms with Crippen molar-refractivity contribution in [2.75, 3.05) is 55.4 Å². The van der Waals surface area contributed by atoms with Gasteiger partial charge in [0.05, 0.1) is 0 Å². The fourth-order valence-corrected chi connectivity index (χ4v) is 3.38. The molecule has 154 valence electrons. The Morgan fingerprint density at radius 2 is 1.70 bits per heavy atom. The van der Waals surface area contributed by atoms with E-state index in [9.17, 15) is 4.79 Å². The first-order valence-corrected chi connectivity index (χ1v) is 9.92. The molecule has 8 heteroatoms. The maximum absolute atomic E-state index is 12.8. The molecule has 1 amide bonds. The lowest BCUT2D eigenvalue weighted by Gasteiger charge is -2.35. The number of hydrogen-bond donors (Lipinski definition) is 1. The molecule has 0 aliphatic carbocycles. The second kappa shape index (κ2) is 8.77. The maximum atomic E-state index is 12.8. The van der Waals surface area contributed by atoms with Gasteiger partial charge in [-0.1, -0.05) is 6.07 Å². The fraction of sp³-hybridized carbons (Fsp3) is 0.273. The van der Waals surface area contributed by atoms with Crippen LogP contribution in [0.3, 0.4) is 0 Å². The van der Waals surface area contributed by atoms with Crippen molar-refractivity contribution in [1.82, 2.24) is 19.9 Å². The summed E-state index contributed by atoms with van der Waals surface area (Å²) < 4.78 is 0. The van der Waals surface area contributed by atoms with Gasteiger partial charge in [-0.15, -0.1) is 0 Å². The zero-order valence-electron chi connectivity index (χ0n) is 17.2. The third kappa shape index (κ3) is 4.48. The Morgan fingerprint density at radius 3 is 2.37 bits per heavy atom. The van der Waals surface area contributed by atoms with Crippen molar-refractivity contribution in [2.24, 2.45) is 0 Å². The molecule has 2 aromatic heterocycles. The highest BCUT2D eigenvalue weighted by Crippen LogP contribution is 2.20. The molecule has 0 atom stereocenters. The molecule has 1 fully saturated rings. The molecule has 4 rings (SSSR count). The number of anilines is 4. The molecule has 0 unspecified atom stereocenters. The summed E-state index contributed by atoms with van der Waals surface area (Å²) >= 11 is 0. The molecule has 0 bridgehead atoms. The van der Waals surface area contributed by atoms with Crippen LogP contribution >= 0.6 is 0 Å². The Balaban J connectivity index is 1.37. The van der Waals surface area contributed by atoms with Crippen LogP contribution < -0.4 is 15.1 Å². The molecule has 0 saturated carbocycles. The zero-order valence-corrected chi connectivity index (χ0v) is 17.2. The number of carbonyl (C=O) groups is 1. The average Bonchev–Trinajstić information content (AvgIpc) is 2.80. The Labute approximate surface area is 176 Å². The summed E-state index contributed by atoms with van der Waals surface area (Å²) in [6.45, 7) is 2.76. The van der Waals surface area contributed by atoms with Crippen LogP contribution in [-0.4, -0.2) is 66.0 Å². The van der Waals surface area contributed by atoms with Crippen LogP contribution in [0.4, 0.5) is 23.1 Å². The van der Waals surface area contributed by atoms with Crippen molar-refractivity contribution in [3.05, 3.63) is 66.6 Å². The van der Waals surface area contributed by atoms with Gasteiger partial charge in [-0.2, -0.15) is 0 Å². The lowest BCUT2D eigenvalue weighted by atomic mass is 10.1. The zero-order chi connectivity index (χ0) is 20.9. The van der Waals surface area contributed by atoms with Crippen LogP contribution in [0.5, 0.6) is 0 Å². The van der Waals surface area contributed by atoms with Gasteiger partial charge in [-0.3, -0.25) is 4.79 Å². The van der Waals surface area contributed by atoms with Gasteiger partial charge < -0.3 is 20.0 Å². The van der Waals surface area contributed by atoms with Crippen LogP contribution in [0.25, 0.3) is 0 Å². The minimum Gasteiger partial charge on any atom is -0.378 e. The summed E-state index contributed by atoms with van der Waals surface area (Å²) in [5.41, 5.74) is 1.80. The van der Waals surface area contributed by atoms with Crippen molar-refractivity contribution >= 4 is 29.0 Å². The SMILES string of the molecule is CN(C)c1ccc(C(=O)N2CCN(c3cc(Nc4ccccn4)ncn3)CC2)cc1. The van der Waals surface area contributed by atoms with Gasteiger partial charge in [0.1, 0.15) is 23.8 Å². The van der Waals surface area contributed by atoms with E-state index >= 15 is 0 Å². The summed E-state index contributed by atoms with van der Waals surface area (Å²) in [4.78, 5) is 31.9. The molecule has 1 aliphatic heterocycles. The second-order valence-electron chi connectivity index (χ2n) is 7.32. The lowest BCUT2D eigenvalue weighted by Crippen LogP contribution is -2.49. The van der Waals surface area contributed by atoms with Gasteiger partial charge in [0.2, 0.25) is 0 Å². The molecule has 0 spiro atoms. The molecule has 1 N–H and O–H groups in total. The molecule has 1 saturated heterocycles. The van der Waals surface area contributed by atoms with Crippen LogP contribution in [0.2, 0.25) is 0 Å². The van der Waals surface area contributed by atoms with E-state index in [4.69, 9.17) is 0 Å². The number of nitrogens with one attached hydrogen (secondary N) is 1. The number of hydrogen-bond acceptors (Lipinski definition) is 7. The summed E-state index contributed by atoms with van der Waals surface area (Å²) in [5, 5.41) is 3.19. The Hall–Kier alpha value is -3.68. The van der Waals surface area contributed by atoms with Crippen LogP contribution in [0.15, 0.2) is 61.1 Å². The largest absolute Gasteiger partial charge is 0.378 e. The van der Waals surface area contributed by atoms with E-state index < -0.39 is 0 Å². The molecule has 0 radical (unpaired) electrons. The minimum atomic E-state index is 0.0696. The first kappa shape index (κ1) is 19.6. The normalized spacial score (nSPS) is 13.8. The monoisotopic (exact) mass is 403 g/mol. The third-order valence-electron chi connectivity index (χ3n) is 5.10. The third-order valence-corrected chi connectivity index (χ3v) is 5.10. The maximum Gasteiger partial charge on any atom is 0.253 e. The lowest BCUT2D eigenvalue weighted by molar-refractivity contribution is 0.0746. The summed E-state index contributed by atoms with van der Waals surface area (Å²) in [7, 11) is 3.97. The number of rotatable bonds is 5. The van der Waals surface area contributed by atoms with Gasteiger partial charge >= 0.3 is 0 Å². The predicted octanol–water partition coefficient (Wildman–Crippen LogP) is 2.64. The molecular formula is C22H25N7O. The van der Waals surface area contributed by atoms with E-state index in [1.165, 1.54) is 0 Å². The van der Waals surface area contributed by atoms with Crippen LogP contribution in [-0.2, 0) is 0 Å². The fourth-order valence-electron chi connectivity index (χ4n) is 3.38. The van der Waals surface area contributed by atoms with Crippen molar-refractivity contribution in [2.45, 2.75) is 0 Å². The number of benzene rings is 1. The first-order valence-electron chi connectivity index (χ1n) is 9.92. The van der Waals surface area contributed by atoms with Gasteiger partial charge in [-0.25, -0.2) is 15.0 Å². The summed E-state index contributed by atoms with van der Waals surface area (Å²) in [6.07, 6.45) is 3.28. The molecule has 3 heterocycles. The van der Waals surface area contributed by atoms with E-state index in [1.807, 2.05) is 72.4 Å². The highest BCUT2D eigenvalue weighted by Gasteiger charge is 2.23. The van der Waals surface area contributed by atoms with Gasteiger partial charge in [0.25, 0.3) is 5.91 Å². The molecule has 1 aliphatic rings. The average molecular weight is 403 g/mol. The molecular weight excluding hydrogens is 378 g/mol. The van der Waals surface area contributed by atoms with Crippen molar-refractivity contribution in [3.63, 3.8) is 0 Å². The van der Waals surface area contributed by atoms with Crippen molar-refractivity contribution in [3.8, 4) is 0 Å². The van der Waals surface area contributed by atoms with Gasteiger partial charge in [0, 0.05) is 63.8 Å². The molecule has 3 aromatic rings. The van der Waals surface area contributed by atoms with Crippen LogP contribution in [0.1, 0.15) is 10.4 Å². The van der Waals surface area contributed by atoms with Crippen molar-refractivity contribution < 1.29 is 4.79 Å². The number of aromatic nitrogens is 3. The number of piperazine rings is 1.